The van der Waals surface area contributed by atoms with Gasteiger partial charge in [-0.3, -0.25) is 13.9 Å². The summed E-state index contributed by atoms with van der Waals surface area (Å²) in [5.41, 5.74) is 1.34. The lowest BCUT2D eigenvalue weighted by molar-refractivity contribution is -0.139. The molecule has 1 N–H and O–H groups in total. The van der Waals surface area contributed by atoms with Crippen molar-refractivity contribution in [3.05, 3.63) is 90.5 Å². The minimum atomic E-state index is -3.81. The standard InChI is InChI=1S/C30H37N3O5S/c1-5-28(30(35)31-23(2)3)32(21-20-24-12-8-6-9-13-24)29(34)22-33(39(4,36)37)25-16-18-27(19-17-25)38-26-14-10-7-11-15-26/h6-19,23,28H,5,20-22H2,1-4H3,(H,31,35)/t28-/m1/s1. The van der Waals surface area contributed by atoms with Gasteiger partial charge < -0.3 is 15.0 Å². The minimum Gasteiger partial charge on any atom is -0.457 e. The zero-order valence-electron chi connectivity index (χ0n) is 22.9. The van der Waals surface area contributed by atoms with E-state index in [0.29, 0.717) is 30.0 Å². The first-order valence-corrected chi connectivity index (χ1v) is 14.9. The van der Waals surface area contributed by atoms with Gasteiger partial charge in [0.15, 0.2) is 0 Å². The van der Waals surface area contributed by atoms with Gasteiger partial charge in [-0.1, -0.05) is 55.5 Å². The van der Waals surface area contributed by atoms with E-state index in [2.05, 4.69) is 5.32 Å². The lowest BCUT2D eigenvalue weighted by atomic mass is 10.1. The fraction of sp³-hybridized carbons (Fsp3) is 0.333. The van der Waals surface area contributed by atoms with Gasteiger partial charge in [-0.05, 0) is 68.7 Å². The summed E-state index contributed by atoms with van der Waals surface area (Å²) in [5, 5.41) is 2.89. The van der Waals surface area contributed by atoms with Gasteiger partial charge in [0.05, 0.1) is 11.9 Å². The molecule has 0 unspecified atom stereocenters. The van der Waals surface area contributed by atoms with Crippen molar-refractivity contribution in [3.8, 4) is 11.5 Å². The largest absolute Gasteiger partial charge is 0.457 e. The van der Waals surface area contributed by atoms with E-state index in [-0.39, 0.29) is 18.5 Å². The van der Waals surface area contributed by atoms with E-state index in [9.17, 15) is 18.0 Å². The van der Waals surface area contributed by atoms with Crippen molar-refractivity contribution in [2.24, 2.45) is 0 Å². The molecule has 3 aromatic rings. The summed E-state index contributed by atoms with van der Waals surface area (Å²) < 4.78 is 32.5. The topological polar surface area (TPSA) is 96.0 Å². The third-order valence-corrected chi connectivity index (χ3v) is 7.22. The number of benzene rings is 3. The summed E-state index contributed by atoms with van der Waals surface area (Å²) in [6.07, 6.45) is 1.98. The maximum absolute atomic E-state index is 13.7. The number of amides is 2. The van der Waals surface area contributed by atoms with E-state index in [0.717, 1.165) is 16.1 Å². The number of sulfonamides is 1. The van der Waals surface area contributed by atoms with Crippen molar-refractivity contribution in [3.63, 3.8) is 0 Å². The van der Waals surface area contributed by atoms with Crippen LogP contribution in [0.25, 0.3) is 0 Å². The highest BCUT2D eigenvalue weighted by Crippen LogP contribution is 2.26. The first-order chi connectivity index (χ1) is 18.6. The molecule has 0 heterocycles. The molecule has 208 valence electrons. The molecule has 0 spiro atoms. The average Bonchev–Trinajstić information content (AvgIpc) is 2.90. The second-order valence-corrected chi connectivity index (χ2v) is 11.5. The van der Waals surface area contributed by atoms with Gasteiger partial charge in [0.1, 0.15) is 24.1 Å². The predicted molar refractivity (Wildman–Crippen MR) is 154 cm³/mol. The summed E-state index contributed by atoms with van der Waals surface area (Å²) in [6.45, 7) is 5.40. The number of hydrogen-bond donors (Lipinski definition) is 1. The van der Waals surface area contributed by atoms with Gasteiger partial charge >= 0.3 is 0 Å². The molecule has 0 aromatic heterocycles. The van der Waals surface area contributed by atoms with Crippen LogP contribution in [0, 0.1) is 0 Å². The summed E-state index contributed by atoms with van der Waals surface area (Å²) in [6, 6.07) is 24.6. The summed E-state index contributed by atoms with van der Waals surface area (Å²) in [5.74, 6) is 0.472. The first-order valence-electron chi connectivity index (χ1n) is 13.0. The molecule has 0 aliphatic rings. The Bertz CT molecular complexity index is 1310. The van der Waals surface area contributed by atoms with Gasteiger partial charge in [0.25, 0.3) is 0 Å². The van der Waals surface area contributed by atoms with Gasteiger partial charge in [0.2, 0.25) is 21.8 Å². The molecule has 8 nitrogen and oxygen atoms in total. The first kappa shape index (κ1) is 29.7. The van der Waals surface area contributed by atoms with Crippen LogP contribution in [-0.2, 0) is 26.0 Å². The SMILES string of the molecule is CC[C@H](C(=O)NC(C)C)N(CCc1ccccc1)C(=O)CN(c1ccc(Oc2ccccc2)cc1)S(C)(=O)=O. The van der Waals surface area contributed by atoms with E-state index in [1.165, 1.54) is 4.90 Å². The molecular formula is C30H37N3O5S. The Morgan fingerprint density at radius 2 is 1.44 bits per heavy atom. The number of carbonyl (C=O) groups is 2. The normalized spacial score (nSPS) is 12.0. The van der Waals surface area contributed by atoms with Gasteiger partial charge in [-0.15, -0.1) is 0 Å². The quantitative estimate of drug-likeness (QED) is 0.335. The lowest BCUT2D eigenvalue weighted by Gasteiger charge is -2.33. The van der Waals surface area contributed by atoms with Crippen LogP contribution in [-0.4, -0.2) is 56.6 Å². The molecule has 0 saturated carbocycles. The van der Waals surface area contributed by atoms with E-state index < -0.39 is 28.5 Å². The van der Waals surface area contributed by atoms with Crippen molar-refractivity contribution >= 4 is 27.5 Å². The highest BCUT2D eigenvalue weighted by molar-refractivity contribution is 7.92. The third kappa shape index (κ3) is 8.85. The average molecular weight is 552 g/mol. The van der Waals surface area contributed by atoms with Crippen LogP contribution < -0.4 is 14.4 Å². The van der Waals surface area contributed by atoms with Crippen molar-refractivity contribution < 1.29 is 22.7 Å². The van der Waals surface area contributed by atoms with Crippen LogP contribution in [0.4, 0.5) is 5.69 Å². The van der Waals surface area contributed by atoms with Crippen molar-refractivity contribution in [1.82, 2.24) is 10.2 Å². The molecule has 0 radical (unpaired) electrons. The smallest absolute Gasteiger partial charge is 0.244 e. The van der Waals surface area contributed by atoms with E-state index in [1.807, 2.05) is 81.4 Å². The fourth-order valence-electron chi connectivity index (χ4n) is 4.20. The van der Waals surface area contributed by atoms with Gasteiger partial charge in [-0.25, -0.2) is 8.42 Å². The monoisotopic (exact) mass is 551 g/mol. The Labute approximate surface area is 231 Å². The maximum Gasteiger partial charge on any atom is 0.244 e. The second kappa shape index (κ2) is 13.8. The van der Waals surface area contributed by atoms with Crippen molar-refractivity contribution in [2.75, 3.05) is 23.7 Å². The fourth-order valence-corrected chi connectivity index (χ4v) is 5.04. The molecule has 0 aliphatic heterocycles. The molecule has 0 saturated heterocycles. The minimum absolute atomic E-state index is 0.0956. The molecule has 9 heteroatoms. The molecule has 3 rings (SSSR count). The summed E-state index contributed by atoms with van der Waals surface area (Å²) in [7, 11) is -3.81. The molecule has 0 aliphatic carbocycles. The molecule has 2 amide bonds. The van der Waals surface area contributed by atoms with E-state index in [4.69, 9.17) is 4.74 Å². The van der Waals surface area contributed by atoms with Crippen molar-refractivity contribution in [1.29, 1.82) is 0 Å². The summed E-state index contributed by atoms with van der Waals surface area (Å²) in [4.78, 5) is 28.2. The molecule has 3 aromatic carbocycles. The van der Waals surface area contributed by atoms with Crippen molar-refractivity contribution in [2.45, 2.75) is 45.7 Å². The number of anilines is 1. The molecule has 39 heavy (non-hydrogen) atoms. The number of ether oxygens (including phenoxy) is 1. The molecule has 0 fully saturated rings. The second-order valence-electron chi connectivity index (χ2n) is 9.59. The number of rotatable bonds is 13. The lowest BCUT2D eigenvalue weighted by Crippen LogP contribution is -2.54. The number of hydrogen-bond acceptors (Lipinski definition) is 5. The summed E-state index contributed by atoms with van der Waals surface area (Å²) >= 11 is 0. The van der Waals surface area contributed by atoms with Crippen LogP contribution in [0.5, 0.6) is 11.5 Å². The molecule has 1 atom stereocenters. The third-order valence-electron chi connectivity index (χ3n) is 6.08. The Morgan fingerprint density at radius 1 is 0.872 bits per heavy atom. The Kier molecular flexibility index (Phi) is 10.5. The van der Waals surface area contributed by atoms with Crippen LogP contribution in [0.1, 0.15) is 32.8 Å². The Balaban J connectivity index is 1.85. The van der Waals surface area contributed by atoms with E-state index in [1.54, 1.807) is 24.3 Å². The predicted octanol–water partition coefficient (Wildman–Crippen LogP) is 4.62. The number of nitrogens with zero attached hydrogens (tertiary/aromatic N) is 2. The van der Waals surface area contributed by atoms with Crippen LogP contribution >= 0.6 is 0 Å². The van der Waals surface area contributed by atoms with Crippen LogP contribution in [0.15, 0.2) is 84.9 Å². The molecule has 0 bridgehead atoms. The van der Waals surface area contributed by atoms with Gasteiger partial charge in [-0.2, -0.15) is 0 Å². The highest BCUT2D eigenvalue weighted by atomic mass is 32.2. The maximum atomic E-state index is 13.7. The van der Waals surface area contributed by atoms with Gasteiger partial charge in [0, 0.05) is 12.6 Å². The Hall–Kier alpha value is -3.85. The number of carbonyl (C=O) groups excluding carboxylic acids is 2. The Morgan fingerprint density at radius 3 is 1.97 bits per heavy atom. The number of nitrogens with one attached hydrogen (secondary N) is 1. The van der Waals surface area contributed by atoms with Crippen LogP contribution in [0.2, 0.25) is 0 Å². The highest BCUT2D eigenvalue weighted by Gasteiger charge is 2.31. The van der Waals surface area contributed by atoms with Crippen LogP contribution in [0.3, 0.4) is 0 Å². The zero-order chi connectivity index (χ0) is 28.4. The van der Waals surface area contributed by atoms with E-state index >= 15 is 0 Å². The molecular weight excluding hydrogens is 514 g/mol. The zero-order valence-corrected chi connectivity index (χ0v) is 23.7. The number of para-hydroxylation sites is 1.